The summed E-state index contributed by atoms with van der Waals surface area (Å²) in [6.45, 7) is 6.36. The smallest absolute Gasteiger partial charge is 0.302 e. The van der Waals surface area contributed by atoms with Crippen LogP contribution in [0.2, 0.25) is 0 Å². The minimum atomic E-state index is -0.222. The van der Waals surface area contributed by atoms with Crippen LogP contribution in [0.15, 0.2) is 18.2 Å². The Labute approximate surface area is 160 Å². The average molecular weight is 368 g/mol. The van der Waals surface area contributed by atoms with Crippen LogP contribution in [0.5, 0.6) is 5.75 Å². The molecule has 3 aliphatic heterocycles. The zero-order valence-corrected chi connectivity index (χ0v) is 16.4. The van der Waals surface area contributed by atoms with Crippen molar-refractivity contribution in [3.8, 4) is 5.75 Å². The number of fused-ring (bicyclic) bond motifs is 4. The van der Waals surface area contributed by atoms with Gasteiger partial charge in [0.25, 0.3) is 0 Å². The SMILES string of the molecule is CC[C@H]1C[C@@H]2C[C@H]3c4c(COC(C)=O)c5cc(OC)ccc5n4CN(C2)[C@@H]13. The summed E-state index contributed by atoms with van der Waals surface area (Å²) in [6.07, 6.45) is 3.89. The van der Waals surface area contributed by atoms with Crippen molar-refractivity contribution < 1.29 is 14.3 Å². The standard InChI is InChI=1S/C22H28N2O3/c1-4-15-7-14-8-18-21(15)23(10-14)12-24-20-6-5-16(26-3)9-17(20)19(22(18)24)11-27-13(2)25/h5-6,9,14-15,18,21H,4,7-8,10-12H2,1-3H3/t14-,15+,18-,21+/m1/s1. The molecule has 144 valence electrons. The van der Waals surface area contributed by atoms with E-state index in [9.17, 15) is 4.79 Å². The predicted molar refractivity (Wildman–Crippen MR) is 104 cm³/mol. The van der Waals surface area contributed by atoms with Crippen molar-refractivity contribution in [2.45, 2.75) is 58.3 Å². The number of ether oxygens (including phenoxy) is 2. The van der Waals surface area contributed by atoms with Crippen LogP contribution in [-0.2, 0) is 22.8 Å². The second-order valence-electron chi connectivity index (χ2n) is 8.47. The van der Waals surface area contributed by atoms with Crippen molar-refractivity contribution in [1.29, 1.82) is 0 Å². The van der Waals surface area contributed by atoms with Crippen LogP contribution < -0.4 is 4.74 Å². The average Bonchev–Trinajstić information content (AvgIpc) is 2.98. The zero-order valence-electron chi connectivity index (χ0n) is 16.4. The van der Waals surface area contributed by atoms with Gasteiger partial charge >= 0.3 is 5.97 Å². The number of methoxy groups -OCH3 is 1. The summed E-state index contributed by atoms with van der Waals surface area (Å²) in [5.74, 6) is 2.75. The quantitative estimate of drug-likeness (QED) is 0.768. The molecule has 2 saturated heterocycles. The van der Waals surface area contributed by atoms with Gasteiger partial charge in [-0.1, -0.05) is 13.3 Å². The number of carbonyl (C=O) groups is 1. The van der Waals surface area contributed by atoms with Crippen LogP contribution in [0.4, 0.5) is 0 Å². The maximum atomic E-state index is 11.5. The Hall–Kier alpha value is -2.01. The molecule has 1 unspecified atom stereocenters. The van der Waals surface area contributed by atoms with Crippen molar-refractivity contribution in [2.75, 3.05) is 13.7 Å². The van der Waals surface area contributed by atoms with E-state index in [1.165, 1.54) is 54.9 Å². The molecular weight excluding hydrogens is 340 g/mol. The van der Waals surface area contributed by atoms with Crippen LogP contribution >= 0.6 is 0 Å². The fraction of sp³-hybridized carbons (Fsp3) is 0.591. The first-order valence-corrected chi connectivity index (χ1v) is 10.2. The Bertz CT molecular complexity index is 903. The number of esters is 1. The molecule has 0 radical (unpaired) electrons. The summed E-state index contributed by atoms with van der Waals surface area (Å²) >= 11 is 0. The van der Waals surface area contributed by atoms with Gasteiger partial charge in [-0.05, 0) is 42.9 Å². The molecule has 4 heterocycles. The third-order valence-electron chi connectivity index (χ3n) is 7.07. The molecular formula is C22H28N2O3. The molecule has 0 amide bonds. The number of benzene rings is 1. The lowest BCUT2D eigenvalue weighted by atomic mass is 9.64. The van der Waals surface area contributed by atoms with Crippen molar-refractivity contribution in [2.24, 2.45) is 11.8 Å². The molecule has 5 nitrogen and oxygen atoms in total. The highest BCUT2D eigenvalue weighted by molar-refractivity contribution is 5.87. The van der Waals surface area contributed by atoms with Crippen molar-refractivity contribution in [1.82, 2.24) is 9.47 Å². The fourth-order valence-electron chi connectivity index (χ4n) is 6.11. The second-order valence-corrected chi connectivity index (χ2v) is 8.47. The second kappa shape index (κ2) is 6.26. The lowest BCUT2D eigenvalue weighted by Gasteiger charge is -2.57. The molecule has 4 aliphatic rings. The van der Waals surface area contributed by atoms with E-state index in [1.54, 1.807) is 7.11 Å². The van der Waals surface area contributed by atoms with Crippen molar-refractivity contribution >= 4 is 16.9 Å². The van der Waals surface area contributed by atoms with Gasteiger partial charge in [0.2, 0.25) is 0 Å². The summed E-state index contributed by atoms with van der Waals surface area (Å²) in [5.41, 5.74) is 3.82. The molecule has 1 saturated carbocycles. The highest BCUT2D eigenvalue weighted by Gasteiger charge is 2.50. The van der Waals surface area contributed by atoms with Crippen LogP contribution in [0.3, 0.4) is 0 Å². The topological polar surface area (TPSA) is 43.7 Å². The van der Waals surface area contributed by atoms with Gasteiger partial charge in [0.15, 0.2) is 0 Å². The van der Waals surface area contributed by atoms with Crippen LogP contribution in [0, 0.1) is 11.8 Å². The molecule has 5 heteroatoms. The summed E-state index contributed by atoms with van der Waals surface area (Å²) in [6, 6.07) is 6.93. The molecule has 0 N–H and O–H groups in total. The van der Waals surface area contributed by atoms with E-state index < -0.39 is 0 Å². The van der Waals surface area contributed by atoms with E-state index in [4.69, 9.17) is 9.47 Å². The van der Waals surface area contributed by atoms with E-state index >= 15 is 0 Å². The minimum Gasteiger partial charge on any atom is -0.497 e. The van der Waals surface area contributed by atoms with E-state index in [0.29, 0.717) is 18.6 Å². The van der Waals surface area contributed by atoms with E-state index in [-0.39, 0.29) is 5.97 Å². The summed E-state index contributed by atoms with van der Waals surface area (Å²) in [7, 11) is 1.70. The van der Waals surface area contributed by atoms with Gasteiger partial charge in [0.05, 0.1) is 19.3 Å². The summed E-state index contributed by atoms with van der Waals surface area (Å²) < 4.78 is 13.5. The maximum absolute atomic E-state index is 11.5. The highest BCUT2D eigenvalue weighted by Crippen LogP contribution is 2.53. The number of hydrogen-bond donors (Lipinski definition) is 0. The Morgan fingerprint density at radius 1 is 1.30 bits per heavy atom. The Kier molecular flexibility index (Phi) is 3.97. The number of nitrogens with zero attached hydrogens (tertiary/aromatic N) is 2. The molecule has 1 aromatic carbocycles. The number of carbonyl (C=O) groups excluding carboxylic acids is 1. The highest BCUT2D eigenvalue weighted by atomic mass is 16.5. The van der Waals surface area contributed by atoms with Gasteiger partial charge < -0.3 is 14.0 Å². The molecule has 1 aromatic heterocycles. The molecule has 2 aromatic rings. The molecule has 4 bridgehead atoms. The lowest BCUT2D eigenvalue weighted by Crippen LogP contribution is -2.59. The van der Waals surface area contributed by atoms with Gasteiger partial charge in [0.1, 0.15) is 12.4 Å². The minimum absolute atomic E-state index is 0.222. The fourth-order valence-corrected chi connectivity index (χ4v) is 6.11. The Balaban J connectivity index is 1.69. The molecule has 0 spiro atoms. The van der Waals surface area contributed by atoms with E-state index in [2.05, 4.69) is 28.5 Å². The monoisotopic (exact) mass is 368 g/mol. The molecule has 3 fully saturated rings. The molecule has 6 rings (SSSR count). The van der Waals surface area contributed by atoms with Crippen molar-refractivity contribution in [3.63, 3.8) is 0 Å². The number of piperidine rings is 2. The van der Waals surface area contributed by atoms with Crippen molar-refractivity contribution in [3.05, 3.63) is 29.5 Å². The van der Waals surface area contributed by atoms with Gasteiger partial charge in [-0.2, -0.15) is 0 Å². The molecule has 27 heavy (non-hydrogen) atoms. The first kappa shape index (κ1) is 17.1. The Morgan fingerprint density at radius 2 is 2.15 bits per heavy atom. The first-order valence-electron chi connectivity index (χ1n) is 10.2. The normalized spacial score (nSPS) is 31.0. The van der Waals surface area contributed by atoms with Gasteiger partial charge in [-0.25, -0.2) is 0 Å². The van der Waals surface area contributed by atoms with Crippen LogP contribution in [0.1, 0.15) is 50.3 Å². The largest absolute Gasteiger partial charge is 0.497 e. The zero-order chi connectivity index (χ0) is 18.7. The molecule has 5 atom stereocenters. The van der Waals surface area contributed by atoms with Crippen LogP contribution in [-0.4, -0.2) is 35.1 Å². The number of rotatable bonds is 4. The predicted octanol–water partition coefficient (Wildman–Crippen LogP) is 3.89. The van der Waals surface area contributed by atoms with Gasteiger partial charge in [-0.15, -0.1) is 0 Å². The third-order valence-corrected chi connectivity index (χ3v) is 7.07. The summed E-state index contributed by atoms with van der Waals surface area (Å²) in [4.78, 5) is 14.3. The number of hydrogen-bond acceptors (Lipinski definition) is 4. The maximum Gasteiger partial charge on any atom is 0.302 e. The van der Waals surface area contributed by atoms with E-state index in [0.717, 1.165) is 24.3 Å². The van der Waals surface area contributed by atoms with Crippen LogP contribution in [0.25, 0.3) is 10.9 Å². The number of aromatic nitrogens is 1. The third kappa shape index (κ3) is 2.51. The molecule has 1 aliphatic carbocycles. The van der Waals surface area contributed by atoms with Gasteiger partial charge in [-0.3, -0.25) is 9.69 Å². The first-order chi connectivity index (χ1) is 13.1. The summed E-state index contributed by atoms with van der Waals surface area (Å²) in [5, 5.41) is 1.17. The lowest BCUT2D eigenvalue weighted by molar-refractivity contribution is -0.142. The van der Waals surface area contributed by atoms with E-state index in [1.807, 2.05) is 6.07 Å². The van der Waals surface area contributed by atoms with Gasteiger partial charge in [0, 0.05) is 42.1 Å². The Morgan fingerprint density at radius 3 is 2.89 bits per heavy atom.